The van der Waals surface area contributed by atoms with Crippen molar-refractivity contribution >= 4 is 40.6 Å². The van der Waals surface area contributed by atoms with E-state index >= 15 is 0 Å². The highest BCUT2D eigenvalue weighted by Crippen LogP contribution is 2.24. The molecule has 3 aromatic rings. The second-order valence-corrected chi connectivity index (χ2v) is 8.53. The lowest BCUT2D eigenvalue weighted by molar-refractivity contribution is -0.113. The summed E-state index contributed by atoms with van der Waals surface area (Å²) in [5.74, 6) is 0.132. The minimum absolute atomic E-state index is 0.0968. The molecule has 0 aliphatic rings. The number of halogens is 1. The Morgan fingerprint density at radius 3 is 2.60 bits per heavy atom. The van der Waals surface area contributed by atoms with Crippen LogP contribution >= 0.6 is 23.4 Å². The standard InChI is InChI=1S/C22H26ClN5OS/c1-5-27(15(2)3)18-10-7-17(8-11-18)25-21(29)13-30-22-26-24-14-28(22)19-9-6-16(4)20(23)12-19/h6-12,14-15H,5,13H2,1-4H3,(H,25,29). The third-order valence-electron chi connectivity index (χ3n) is 4.73. The van der Waals surface area contributed by atoms with Crippen LogP contribution in [-0.2, 0) is 4.79 Å². The molecule has 0 bridgehead atoms. The SMILES string of the molecule is CCN(c1ccc(NC(=O)CSc2nncn2-c2ccc(C)c(Cl)c2)cc1)C(C)C. The van der Waals surface area contributed by atoms with Gasteiger partial charge < -0.3 is 10.2 Å². The number of aryl methyl sites for hydroxylation is 1. The molecular formula is C22H26ClN5OS. The van der Waals surface area contributed by atoms with Crippen LogP contribution in [0.4, 0.5) is 11.4 Å². The van der Waals surface area contributed by atoms with Gasteiger partial charge in [0.25, 0.3) is 0 Å². The Morgan fingerprint density at radius 2 is 1.97 bits per heavy atom. The largest absolute Gasteiger partial charge is 0.369 e. The van der Waals surface area contributed by atoms with Crippen LogP contribution in [0.3, 0.4) is 0 Å². The third kappa shape index (κ3) is 5.34. The number of thioether (sulfide) groups is 1. The van der Waals surface area contributed by atoms with Crippen molar-refractivity contribution in [1.29, 1.82) is 0 Å². The van der Waals surface area contributed by atoms with E-state index in [0.29, 0.717) is 16.2 Å². The Balaban J connectivity index is 1.60. The Labute approximate surface area is 186 Å². The van der Waals surface area contributed by atoms with Crippen molar-refractivity contribution in [3.8, 4) is 5.69 Å². The minimum Gasteiger partial charge on any atom is -0.369 e. The number of hydrogen-bond donors (Lipinski definition) is 1. The van der Waals surface area contributed by atoms with Crippen LogP contribution < -0.4 is 10.2 Å². The molecule has 0 saturated heterocycles. The van der Waals surface area contributed by atoms with E-state index in [4.69, 9.17) is 11.6 Å². The molecule has 1 heterocycles. The average molecular weight is 444 g/mol. The number of hydrogen-bond acceptors (Lipinski definition) is 5. The van der Waals surface area contributed by atoms with E-state index in [2.05, 4.69) is 41.2 Å². The summed E-state index contributed by atoms with van der Waals surface area (Å²) in [6.07, 6.45) is 1.62. The molecular weight excluding hydrogens is 418 g/mol. The summed E-state index contributed by atoms with van der Waals surface area (Å²) in [5, 5.41) is 12.4. The van der Waals surface area contributed by atoms with Crippen molar-refractivity contribution in [2.75, 3.05) is 22.5 Å². The van der Waals surface area contributed by atoms with Crippen molar-refractivity contribution in [2.45, 2.75) is 38.9 Å². The first kappa shape index (κ1) is 22.2. The first-order valence-corrected chi connectivity index (χ1v) is 11.2. The zero-order chi connectivity index (χ0) is 21.7. The number of nitrogens with one attached hydrogen (secondary N) is 1. The normalized spacial score (nSPS) is 11.0. The van der Waals surface area contributed by atoms with E-state index in [0.717, 1.165) is 29.2 Å². The molecule has 1 aromatic heterocycles. The van der Waals surface area contributed by atoms with Gasteiger partial charge in [-0.15, -0.1) is 10.2 Å². The highest BCUT2D eigenvalue weighted by atomic mass is 35.5. The van der Waals surface area contributed by atoms with E-state index in [1.165, 1.54) is 11.8 Å². The summed E-state index contributed by atoms with van der Waals surface area (Å²) >= 11 is 7.56. The second-order valence-electron chi connectivity index (χ2n) is 7.18. The lowest BCUT2D eigenvalue weighted by Crippen LogP contribution is -2.30. The maximum Gasteiger partial charge on any atom is 0.234 e. The van der Waals surface area contributed by atoms with Gasteiger partial charge in [0.1, 0.15) is 6.33 Å². The number of benzene rings is 2. The van der Waals surface area contributed by atoms with E-state index in [1.807, 2.05) is 54.0 Å². The Kier molecular flexibility index (Phi) is 7.39. The fraction of sp³-hybridized carbons (Fsp3) is 0.318. The van der Waals surface area contributed by atoms with Crippen LogP contribution in [0.2, 0.25) is 5.02 Å². The predicted octanol–water partition coefficient (Wildman–Crippen LogP) is 5.19. The first-order valence-electron chi connectivity index (χ1n) is 9.85. The lowest BCUT2D eigenvalue weighted by atomic mass is 10.2. The van der Waals surface area contributed by atoms with Gasteiger partial charge in [-0.2, -0.15) is 0 Å². The van der Waals surface area contributed by atoms with Crippen LogP contribution in [0, 0.1) is 6.92 Å². The fourth-order valence-corrected chi connectivity index (χ4v) is 4.04. The molecule has 1 N–H and O–H groups in total. The van der Waals surface area contributed by atoms with Crippen LogP contribution in [0.15, 0.2) is 53.9 Å². The van der Waals surface area contributed by atoms with Gasteiger partial charge in [0.15, 0.2) is 5.16 Å². The molecule has 0 spiro atoms. The molecule has 0 unspecified atom stereocenters. The topological polar surface area (TPSA) is 63.1 Å². The molecule has 0 aliphatic heterocycles. The molecule has 0 atom stereocenters. The number of nitrogens with zero attached hydrogens (tertiary/aromatic N) is 4. The van der Waals surface area contributed by atoms with Crippen molar-refractivity contribution in [3.63, 3.8) is 0 Å². The molecule has 2 aromatic carbocycles. The van der Waals surface area contributed by atoms with Crippen LogP contribution in [-0.4, -0.2) is 39.0 Å². The molecule has 0 radical (unpaired) electrons. The zero-order valence-electron chi connectivity index (χ0n) is 17.6. The fourth-order valence-electron chi connectivity index (χ4n) is 3.14. The smallest absolute Gasteiger partial charge is 0.234 e. The van der Waals surface area contributed by atoms with Gasteiger partial charge in [0.2, 0.25) is 5.91 Å². The summed E-state index contributed by atoms with van der Waals surface area (Å²) in [6, 6.07) is 14.1. The number of carbonyl (C=O) groups excluding carboxylic acids is 1. The quantitative estimate of drug-likeness (QED) is 0.485. The molecule has 30 heavy (non-hydrogen) atoms. The lowest BCUT2D eigenvalue weighted by Gasteiger charge is -2.27. The molecule has 0 aliphatic carbocycles. The summed E-state index contributed by atoms with van der Waals surface area (Å²) in [5.41, 5.74) is 3.78. The van der Waals surface area contributed by atoms with Gasteiger partial charge in [-0.1, -0.05) is 29.4 Å². The van der Waals surface area contributed by atoms with Gasteiger partial charge in [-0.05, 0) is 69.7 Å². The maximum absolute atomic E-state index is 12.4. The minimum atomic E-state index is -0.0968. The van der Waals surface area contributed by atoms with E-state index < -0.39 is 0 Å². The Bertz CT molecular complexity index is 1000. The number of aromatic nitrogens is 3. The number of carbonyl (C=O) groups is 1. The highest BCUT2D eigenvalue weighted by molar-refractivity contribution is 7.99. The van der Waals surface area contributed by atoms with Crippen molar-refractivity contribution in [2.24, 2.45) is 0 Å². The van der Waals surface area contributed by atoms with Gasteiger partial charge in [-0.3, -0.25) is 9.36 Å². The zero-order valence-corrected chi connectivity index (χ0v) is 19.2. The molecule has 158 valence electrons. The number of rotatable bonds is 8. The monoisotopic (exact) mass is 443 g/mol. The first-order chi connectivity index (χ1) is 14.4. The molecule has 6 nitrogen and oxygen atoms in total. The van der Waals surface area contributed by atoms with Crippen molar-refractivity contribution in [3.05, 3.63) is 59.4 Å². The van der Waals surface area contributed by atoms with E-state index in [9.17, 15) is 4.79 Å². The molecule has 0 saturated carbocycles. The van der Waals surface area contributed by atoms with Crippen LogP contribution in [0.1, 0.15) is 26.3 Å². The van der Waals surface area contributed by atoms with Gasteiger partial charge in [0.05, 0.1) is 11.4 Å². The molecule has 8 heteroatoms. The summed E-state index contributed by atoms with van der Waals surface area (Å²) in [6.45, 7) is 9.36. The average Bonchev–Trinajstić information content (AvgIpc) is 3.19. The van der Waals surface area contributed by atoms with Crippen molar-refractivity contribution in [1.82, 2.24) is 14.8 Å². The Morgan fingerprint density at radius 1 is 1.23 bits per heavy atom. The van der Waals surface area contributed by atoms with Crippen molar-refractivity contribution < 1.29 is 4.79 Å². The summed E-state index contributed by atoms with van der Waals surface area (Å²) < 4.78 is 1.82. The highest BCUT2D eigenvalue weighted by Gasteiger charge is 2.12. The van der Waals surface area contributed by atoms with E-state index in [1.54, 1.807) is 6.33 Å². The maximum atomic E-state index is 12.4. The van der Waals surface area contributed by atoms with Crippen LogP contribution in [0.25, 0.3) is 5.69 Å². The number of anilines is 2. The summed E-state index contributed by atoms with van der Waals surface area (Å²) in [4.78, 5) is 14.7. The number of amides is 1. The van der Waals surface area contributed by atoms with Gasteiger partial charge in [-0.25, -0.2) is 0 Å². The molecule has 0 fully saturated rings. The van der Waals surface area contributed by atoms with Gasteiger partial charge in [0, 0.05) is 29.0 Å². The van der Waals surface area contributed by atoms with E-state index in [-0.39, 0.29) is 11.7 Å². The van der Waals surface area contributed by atoms with Gasteiger partial charge >= 0.3 is 0 Å². The predicted molar refractivity (Wildman–Crippen MR) is 125 cm³/mol. The molecule has 3 rings (SSSR count). The summed E-state index contributed by atoms with van der Waals surface area (Å²) in [7, 11) is 0. The molecule has 1 amide bonds. The van der Waals surface area contributed by atoms with Crippen LogP contribution in [0.5, 0.6) is 0 Å². The second kappa shape index (κ2) is 10.00. The Hall–Kier alpha value is -2.51. The third-order valence-corrected chi connectivity index (χ3v) is 6.08.